The van der Waals surface area contributed by atoms with Gasteiger partial charge in [-0.05, 0) is 17.7 Å². The lowest BCUT2D eigenvalue weighted by Crippen LogP contribution is -2.14. The van der Waals surface area contributed by atoms with Crippen LogP contribution in [0.4, 0.5) is 11.4 Å². The summed E-state index contributed by atoms with van der Waals surface area (Å²) in [6.07, 6.45) is 1.42. The number of amides is 1. The normalized spacial score (nSPS) is 10.4. The third kappa shape index (κ3) is 4.21. The van der Waals surface area contributed by atoms with Gasteiger partial charge in [0.05, 0.1) is 4.92 Å². The molecule has 0 saturated carbocycles. The highest BCUT2D eigenvalue weighted by molar-refractivity contribution is 7.98. The van der Waals surface area contributed by atoms with Gasteiger partial charge >= 0.3 is 0 Å². The zero-order valence-electron chi connectivity index (χ0n) is 12.9. The number of aromatic amines is 1. The number of nitrogens with one attached hydrogen (secondary N) is 2. The van der Waals surface area contributed by atoms with E-state index in [1.165, 1.54) is 36.3 Å². The van der Waals surface area contributed by atoms with E-state index in [1.54, 1.807) is 18.2 Å². The van der Waals surface area contributed by atoms with Crippen LogP contribution in [0.5, 0.6) is 0 Å². The van der Waals surface area contributed by atoms with E-state index in [9.17, 15) is 14.9 Å². The predicted molar refractivity (Wildman–Crippen MR) is 93.4 cm³/mol. The Morgan fingerprint density at radius 3 is 2.84 bits per heavy atom. The van der Waals surface area contributed by atoms with Gasteiger partial charge in [0.25, 0.3) is 11.6 Å². The lowest BCUT2D eigenvalue weighted by atomic mass is 10.1. The number of carbonyl (C=O) groups is 1. The summed E-state index contributed by atoms with van der Waals surface area (Å²) in [7, 11) is 0. The molecule has 1 aromatic heterocycles. The minimum Gasteiger partial charge on any atom is -0.322 e. The molecule has 2 aromatic carbocycles. The minimum atomic E-state index is -0.502. The van der Waals surface area contributed by atoms with Gasteiger partial charge in [0, 0.05) is 29.1 Å². The third-order valence-electron chi connectivity index (χ3n) is 3.33. The summed E-state index contributed by atoms with van der Waals surface area (Å²) >= 11 is 1.43. The summed E-state index contributed by atoms with van der Waals surface area (Å²) in [5, 5.41) is 20.7. The number of nitrogens with zero attached hydrogens (tertiary/aromatic N) is 3. The Morgan fingerprint density at radius 1 is 1.24 bits per heavy atom. The van der Waals surface area contributed by atoms with Crippen LogP contribution in [0.15, 0.2) is 60.0 Å². The van der Waals surface area contributed by atoms with Crippen LogP contribution in [0.1, 0.15) is 15.9 Å². The number of thioether (sulfide) groups is 1. The van der Waals surface area contributed by atoms with Crippen molar-refractivity contribution < 1.29 is 9.72 Å². The molecule has 1 heterocycles. The van der Waals surface area contributed by atoms with Crippen LogP contribution in [0.2, 0.25) is 0 Å². The standard InChI is InChI=1S/C16H13N5O3S/c22-15(19-12-5-3-6-13(8-12)21(23)24)14-7-2-1-4-11(14)9-25-16-17-10-18-20-16/h1-8,10H,9H2,(H,19,22)(H,17,18,20). The Kier molecular flexibility index (Phi) is 5.05. The number of benzene rings is 2. The molecule has 2 N–H and O–H groups in total. The first kappa shape index (κ1) is 16.7. The van der Waals surface area contributed by atoms with E-state index in [1.807, 2.05) is 12.1 Å². The fraction of sp³-hybridized carbons (Fsp3) is 0.0625. The molecule has 8 nitrogen and oxygen atoms in total. The van der Waals surface area contributed by atoms with Gasteiger partial charge in [0.1, 0.15) is 6.33 Å². The topological polar surface area (TPSA) is 114 Å². The zero-order valence-corrected chi connectivity index (χ0v) is 13.7. The Morgan fingerprint density at radius 2 is 2.08 bits per heavy atom. The third-order valence-corrected chi connectivity index (χ3v) is 4.26. The number of aromatic nitrogens is 3. The van der Waals surface area contributed by atoms with Gasteiger partial charge in [0.15, 0.2) is 5.16 Å². The van der Waals surface area contributed by atoms with Gasteiger partial charge in [0.2, 0.25) is 0 Å². The predicted octanol–water partition coefficient (Wildman–Crippen LogP) is 3.26. The molecule has 0 spiro atoms. The number of non-ortho nitro benzene ring substituents is 1. The Balaban J connectivity index is 1.75. The monoisotopic (exact) mass is 355 g/mol. The highest BCUT2D eigenvalue weighted by Crippen LogP contribution is 2.23. The van der Waals surface area contributed by atoms with Gasteiger partial charge < -0.3 is 5.32 Å². The summed E-state index contributed by atoms with van der Waals surface area (Å²) in [5.41, 5.74) is 1.62. The fourth-order valence-electron chi connectivity index (χ4n) is 2.17. The van der Waals surface area contributed by atoms with E-state index in [2.05, 4.69) is 20.5 Å². The molecule has 3 aromatic rings. The molecule has 1 amide bonds. The molecule has 0 aliphatic heterocycles. The highest BCUT2D eigenvalue weighted by atomic mass is 32.2. The SMILES string of the molecule is O=C(Nc1cccc([N+](=O)[O-])c1)c1ccccc1CSc1ncn[nH]1. The Labute approximate surface area is 146 Å². The zero-order chi connectivity index (χ0) is 17.6. The molecule has 0 saturated heterocycles. The molecule has 25 heavy (non-hydrogen) atoms. The average Bonchev–Trinajstić information content (AvgIpc) is 3.14. The van der Waals surface area contributed by atoms with E-state index in [0.717, 1.165) is 5.56 Å². The van der Waals surface area contributed by atoms with Crippen molar-refractivity contribution in [3.05, 3.63) is 76.1 Å². The maximum absolute atomic E-state index is 12.6. The van der Waals surface area contributed by atoms with Gasteiger partial charge in [-0.15, -0.1) is 0 Å². The molecule has 0 radical (unpaired) electrons. The summed E-state index contributed by atoms with van der Waals surface area (Å²) in [6.45, 7) is 0. The van der Waals surface area contributed by atoms with Gasteiger partial charge in [-0.2, -0.15) is 5.10 Å². The first-order valence-electron chi connectivity index (χ1n) is 7.25. The number of hydrogen-bond donors (Lipinski definition) is 2. The van der Waals surface area contributed by atoms with Crippen molar-refractivity contribution in [1.82, 2.24) is 15.2 Å². The number of hydrogen-bond acceptors (Lipinski definition) is 6. The molecule has 0 aliphatic rings. The van der Waals surface area contributed by atoms with E-state index in [0.29, 0.717) is 22.2 Å². The molecule has 0 bridgehead atoms. The molecule has 0 unspecified atom stereocenters. The first-order chi connectivity index (χ1) is 12.1. The second-order valence-corrected chi connectivity index (χ2v) is 5.96. The Bertz CT molecular complexity index is 898. The quantitative estimate of drug-likeness (QED) is 0.398. The van der Waals surface area contributed by atoms with Crippen molar-refractivity contribution in [2.24, 2.45) is 0 Å². The van der Waals surface area contributed by atoms with E-state index in [4.69, 9.17) is 0 Å². The molecule has 9 heteroatoms. The second kappa shape index (κ2) is 7.58. The molecule has 126 valence electrons. The van der Waals surface area contributed by atoms with Crippen LogP contribution < -0.4 is 5.32 Å². The number of nitro groups is 1. The maximum atomic E-state index is 12.6. The van der Waals surface area contributed by atoms with Crippen molar-refractivity contribution in [2.45, 2.75) is 10.9 Å². The summed E-state index contributed by atoms with van der Waals surface area (Å²) in [4.78, 5) is 26.9. The first-order valence-corrected chi connectivity index (χ1v) is 8.24. The maximum Gasteiger partial charge on any atom is 0.271 e. The van der Waals surface area contributed by atoms with Gasteiger partial charge in [-0.1, -0.05) is 36.0 Å². The number of nitro benzene ring substituents is 1. The van der Waals surface area contributed by atoms with Crippen LogP contribution in [0, 0.1) is 10.1 Å². The second-order valence-electron chi connectivity index (χ2n) is 5.00. The largest absolute Gasteiger partial charge is 0.322 e. The van der Waals surface area contributed by atoms with Crippen molar-refractivity contribution in [3.63, 3.8) is 0 Å². The number of anilines is 1. The van der Waals surface area contributed by atoms with Crippen LogP contribution >= 0.6 is 11.8 Å². The number of carbonyl (C=O) groups excluding carboxylic acids is 1. The van der Waals surface area contributed by atoms with Crippen molar-refractivity contribution in [2.75, 3.05) is 5.32 Å². The van der Waals surface area contributed by atoms with Crippen molar-refractivity contribution >= 4 is 29.0 Å². The van der Waals surface area contributed by atoms with Crippen LogP contribution in [-0.4, -0.2) is 26.0 Å². The molecular weight excluding hydrogens is 342 g/mol. The van der Waals surface area contributed by atoms with Crippen LogP contribution in [0.3, 0.4) is 0 Å². The molecule has 0 atom stereocenters. The molecule has 0 fully saturated rings. The molecular formula is C16H13N5O3S. The average molecular weight is 355 g/mol. The van der Waals surface area contributed by atoms with Crippen LogP contribution in [-0.2, 0) is 5.75 Å². The van der Waals surface area contributed by atoms with Crippen molar-refractivity contribution in [1.29, 1.82) is 0 Å². The number of rotatable bonds is 6. The lowest BCUT2D eigenvalue weighted by molar-refractivity contribution is -0.384. The summed E-state index contributed by atoms with van der Waals surface area (Å²) in [6, 6.07) is 13.0. The molecule has 0 aliphatic carbocycles. The van der Waals surface area contributed by atoms with E-state index >= 15 is 0 Å². The fourth-order valence-corrected chi connectivity index (χ4v) is 2.96. The van der Waals surface area contributed by atoms with E-state index < -0.39 is 4.92 Å². The van der Waals surface area contributed by atoms with Crippen LogP contribution in [0.25, 0.3) is 0 Å². The van der Waals surface area contributed by atoms with Gasteiger partial charge in [-0.3, -0.25) is 20.0 Å². The number of H-pyrrole nitrogens is 1. The highest BCUT2D eigenvalue weighted by Gasteiger charge is 2.13. The van der Waals surface area contributed by atoms with E-state index in [-0.39, 0.29) is 11.6 Å². The minimum absolute atomic E-state index is 0.0769. The van der Waals surface area contributed by atoms with Gasteiger partial charge in [-0.25, -0.2) is 4.98 Å². The summed E-state index contributed by atoms with van der Waals surface area (Å²) in [5.74, 6) is 0.211. The van der Waals surface area contributed by atoms with Crippen molar-refractivity contribution in [3.8, 4) is 0 Å². The smallest absolute Gasteiger partial charge is 0.271 e. The Hall–Kier alpha value is -3.20. The lowest BCUT2D eigenvalue weighted by Gasteiger charge is -2.09. The summed E-state index contributed by atoms with van der Waals surface area (Å²) < 4.78 is 0. The molecule has 3 rings (SSSR count).